The zero-order valence-electron chi connectivity index (χ0n) is 21.2. The Balaban J connectivity index is -0.0000000132. The fourth-order valence-electron chi connectivity index (χ4n) is 0. The Kier molecular flexibility index (Phi) is 300. The monoisotopic (exact) mass is 512 g/mol. The second-order valence-electron chi connectivity index (χ2n) is 3.11. The summed E-state index contributed by atoms with van der Waals surface area (Å²) in [7, 11) is 0. The Morgan fingerprint density at radius 1 is 0.324 bits per heavy atom. The molecule has 0 rings (SSSR count). The van der Waals surface area contributed by atoms with Crippen LogP contribution in [-0.2, 0) is 28.8 Å². The predicted molar refractivity (Wildman–Crippen MR) is 134 cm³/mol. The molecule has 0 saturated carbocycles. The van der Waals surface area contributed by atoms with Crippen LogP contribution >= 0.6 is 0 Å². The van der Waals surface area contributed by atoms with Crippen molar-refractivity contribution < 1.29 is 59.4 Å². The number of carboxylic acids is 6. The zero-order chi connectivity index (χ0) is 27.5. The van der Waals surface area contributed by atoms with Crippen LogP contribution in [-0.4, -0.2) is 66.5 Å². The Morgan fingerprint density at radius 2 is 0.324 bits per heavy atom. The van der Waals surface area contributed by atoms with Crippen molar-refractivity contribution in [3.8, 4) is 0 Å². The first-order valence-corrected chi connectivity index (χ1v) is 7.07. The van der Waals surface area contributed by atoms with E-state index >= 15 is 0 Å². The lowest BCUT2D eigenvalue weighted by atomic mass is 10.9. The molecule has 0 aromatic rings. The Hall–Kier alpha value is -4.12. The van der Waals surface area contributed by atoms with Gasteiger partial charge in [-0.2, -0.15) is 0 Å². The zero-order valence-corrected chi connectivity index (χ0v) is 21.2. The number of aliphatic carboxylic acids is 6. The Bertz CT molecular complexity index is 313. The first-order chi connectivity index (χ1) is 13.4. The second kappa shape index (κ2) is 117. The van der Waals surface area contributed by atoms with Gasteiger partial charge in [0, 0.05) is 41.5 Å². The van der Waals surface area contributed by atoms with Crippen molar-refractivity contribution in [1.82, 2.24) is 24.6 Å². The van der Waals surface area contributed by atoms with Crippen LogP contribution in [0.25, 0.3) is 0 Å². The van der Waals surface area contributed by atoms with Crippen molar-refractivity contribution in [2.24, 2.45) is 0 Å². The minimum atomic E-state index is -0.833. The van der Waals surface area contributed by atoms with Crippen LogP contribution in [0.1, 0.15) is 41.5 Å². The molecule has 212 valence electrons. The van der Waals surface area contributed by atoms with Crippen LogP contribution < -0.4 is 24.6 Å². The maximum atomic E-state index is 9.00. The SMILES string of the molecule is C=C.C=C.C=C.CC(=O)O.CC(=O)O.CC(=O)O.CC(=O)O.CC(=O)O.CC(=O)O.N.N.N.N. The standard InChI is InChI=1S/6C2H4O2.3C2H4.4H3N/c6*1-2(3)4;3*1-2;;;;/h6*1H3,(H,3,4);3*1-2H2;4*1H3. The lowest BCUT2D eigenvalue weighted by molar-refractivity contribution is -0.135. The van der Waals surface area contributed by atoms with Crippen LogP contribution in [0, 0.1) is 0 Å². The van der Waals surface area contributed by atoms with Gasteiger partial charge in [-0.25, -0.2) is 0 Å². The molecule has 0 saturated heterocycles. The first kappa shape index (κ1) is 87.5. The summed E-state index contributed by atoms with van der Waals surface area (Å²) in [5.41, 5.74) is 0. The fraction of sp³-hybridized carbons (Fsp3) is 0.333. The molecule has 0 fully saturated rings. The van der Waals surface area contributed by atoms with Crippen molar-refractivity contribution >= 4 is 35.8 Å². The summed E-state index contributed by atoms with van der Waals surface area (Å²) in [6, 6.07) is 0. The number of rotatable bonds is 0. The second-order valence-corrected chi connectivity index (χ2v) is 3.11. The molecule has 0 amide bonds. The van der Waals surface area contributed by atoms with Gasteiger partial charge in [-0.15, -0.1) is 39.5 Å². The highest BCUT2D eigenvalue weighted by atomic mass is 16.4. The summed E-state index contributed by atoms with van der Waals surface area (Å²) in [4.78, 5) is 54.0. The van der Waals surface area contributed by atoms with Crippen LogP contribution in [0.4, 0.5) is 0 Å². The predicted octanol–water partition coefficient (Wildman–Crippen LogP) is 3.60. The molecule has 0 unspecified atom stereocenters. The van der Waals surface area contributed by atoms with E-state index in [-0.39, 0.29) is 24.6 Å². The van der Waals surface area contributed by atoms with Crippen molar-refractivity contribution in [2.45, 2.75) is 41.5 Å². The summed E-state index contributed by atoms with van der Waals surface area (Å²) < 4.78 is 0. The average Bonchev–Trinajstić information content (AvgIpc) is 2.49. The van der Waals surface area contributed by atoms with Crippen molar-refractivity contribution in [3.63, 3.8) is 0 Å². The lowest BCUT2D eigenvalue weighted by Gasteiger charge is -1.59. The van der Waals surface area contributed by atoms with Crippen LogP contribution in [0.15, 0.2) is 39.5 Å². The number of carbonyl (C=O) groups is 6. The topological polar surface area (TPSA) is 364 Å². The molecule has 0 radical (unpaired) electrons. The van der Waals surface area contributed by atoms with Gasteiger partial charge in [0.1, 0.15) is 0 Å². The van der Waals surface area contributed by atoms with E-state index in [9.17, 15) is 0 Å². The van der Waals surface area contributed by atoms with E-state index in [1.54, 1.807) is 0 Å². The number of hydrogen-bond acceptors (Lipinski definition) is 10. The van der Waals surface area contributed by atoms with E-state index in [4.69, 9.17) is 59.4 Å². The molecule has 0 heterocycles. The highest BCUT2D eigenvalue weighted by Gasteiger charge is 1.67. The number of hydrogen-bond donors (Lipinski definition) is 10. The smallest absolute Gasteiger partial charge is 0.300 e. The molecule has 0 aromatic heterocycles. The van der Waals surface area contributed by atoms with Gasteiger partial charge in [0.2, 0.25) is 0 Å². The molecular weight excluding hydrogens is 464 g/mol. The molecule has 0 aliphatic rings. The first-order valence-electron chi connectivity index (χ1n) is 7.07. The van der Waals surface area contributed by atoms with E-state index in [1.165, 1.54) is 0 Å². The van der Waals surface area contributed by atoms with Gasteiger partial charge in [0.25, 0.3) is 35.8 Å². The summed E-state index contributed by atoms with van der Waals surface area (Å²) in [6.07, 6.45) is 0. The maximum Gasteiger partial charge on any atom is 0.300 e. The molecule has 34 heavy (non-hydrogen) atoms. The molecule has 0 bridgehead atoms. The largest absolute Gasteiger partial charge is 0.481 e. The normalized spacial score (nSPS) is 4.76. The quantitative estimate of drug-likeness (QED) is 0.207. The third-order valence-electron chi connectivity index (χ3n) is 0. The Labute approximate surface area is 201 Å². The van der Waals surface area contributed by atoms with Crippen molar-refractivity contribution in [2.75, 3.05) is 0 Å². The number of carboxylic acid groups (broad SMARTS) is 6. The highest BCUT2D eigenvalue weighted by molar-refractivity contribution is 5.64. The molecule has 16 heteroatoms. The van der Waals surface area contributed by atoms with Gasteiger partial charge in [0.05, 0.1) is 0 Å². The van der Waals surface area contributed by atoms with Crippen LogP contribution in [0.2, 0.25) is 0 Å². The molecule has 18 N–H and O–H groups in total. The van der Waals surface area contributed by atoms with Gasteiger partial charge in [-0.1, -0.05) is 0 Å². The van der Waals surface area contributed by atoms with Gasteiger partial charge in [0.15, 0.2) is 0 Å². The molecule has 0 aromatic carbocycles. The highest BCUT2D eigenvalue weighted by Crippen LogP contribution is 1.43. The van der Waals surface area contributed by atoms with E-state index in [0.717, 1.165) is 41.5 Å². The third-order valence-corrected chi connectivity index (χ3v) is 0. The van der Waals surface area contributed by atoms with Crippen LogP contribution in [0.3, 0.4) is 0 Å². The molecule has 0 atom stereocenters. The van der Waals surface area contributed by atoms with E-state index in [1.807, 2.05) is 0 Å². The average molecular weight is 513 g/mol. The third kappa shape index (κ3) is 1190. The van der Waals surface area contributed by atoms with Crippen molar-refractivity contribution in [1.29, 1.82) is 0 Å². The van der Waals surface area contributed by atoms with Gasteiger partial charge in [-0.3, -0.25) is 28.8 Å². The van der Waals surface area contributed by atoms with E-state index < -0.39 is 35.8 Å². The van der Waals surface area contributed by atoms with Gasteiger partial charge in [-0.05, 0) is 0 Å². The summed E-state index contributed by atoms with van der Waals surface area (Å²) in [5, 5.41) is 44.5. The van der Waals surface area contributed by atoms with E-state index in [0.29, 0.717) is 0 Å². The van der Waals surface area contributed by atoms with E-state index in [2.05, 4.69) is 39.5 Å². The summed E-state index contributed by atoms with van der Waals surface area (Å²) in [5.74, 6) is -5.00. The maximum absolute atomic E-state index is 9.00. The van der Waals surface area contributed by atoms with Gasteiger partial charge < -0.3 is 55.2 Å². The molecular formula is C18H48N4O12. The summed E-state index contributed by atoms with van der Waals surface area (Å²) >= 11 is 0. The fourth-order valence-corrected chi connectivity index (χ4v) is 0. The minimum absolute atomic E-state index is 0. The Morgan fingerprint density at radius 3 is 0.324 bits per heavy atom. The van der Waals surface area contributed by atoms with Gasteiger partial charge >= 0.3 is 0 Å². The van der Waals surface area contributed by atoms with Crippen molar-refractivity contribution in [3.05, 3.63) is 39.5 Å². The molecule has 0 aliphatic heterocycles. The molecule has 0 aliphatic carbocycles. The minimum Gasteiger partial charge on any atom is -0.481 e. The molecule has 16 nitrogen and oxygen atoms in total. The van der Waals surface area contributed by atoms with Crippen LogP contribution in [0.5, 0.6) is 0 Å². The lowest BCUT2D eigenvalue weighted by Crippen LogP contribution is -1.78. The summed E-state index contributed by atoms with van der Waals surface area (Å²) in [6.45, 7) is 24.5. The molecule has 0 spiro atoms.